The highest BCUT2D eigenvalue weighted by molar-refractivity contribution is 6.04. The highest BCUT2D eigenvalue weighted by Gasteiger charge is 2.52. The summed E-state index contributed by atoms with van der Waals surface area (Å²) in [7, 11) is 0. The van der Waals surface area contributed by atoms with E-state index >= 15 is 0 Å². The third-order valence-electron chi connectivity index (χ3n) is 5.38. The first-order valence-electron chi connectivity index (χ1n) is 8.77. The molecule has 1 aliphatic carbocycles. The third kappa shape index (κ3) is 2.51. The molecule has 0 atom stereocenters. The number of ether oxygens (including phenoxy) is 2. The summed E-state index contributed by atoms with van der Waals surface area (Å²) in [5.74, 6) is 0.685. The first-order chi connectivity index (χ1) is 13.4. The average Bonchev–Trinajstić information content (AvgIpc) is 3.10. The van der Waals surface area contributed by atoms with Crippen LogP contribution in [0.5, 0.6) is 11.5 Å². The monoisotopic (exact) mass is 388 g/mol. The Kier molecular flexibility index (Phi) is 3.44. The van der Waals surface area contributed by atoms with Gasteiger partial charge in [-0.15, -0.1) is 0 Å². The zero-order valence-corrected chi connectivity index (χ0v) is 14.5. The van der Waals surface area contributed by atoms with Gasteiger partial charge >= 0.3 is 6.18 Å². The van der Waals surface area contributed by atoms with E-state index in [1.807, 2.05) is 0 Å². The molecule has 0 bridgehead atoms. The molecule has 2 N–H and O–H groups in total. The van der Waals surface area contributed by atoms with Gasteiger partial charge in [0.2, 0.25) is 12.7 Å². The molecular formula is C20H15F3N2O3. The third-order valence-corrected chi connectivity index (χ3v) is 5.38. The fraction of sp³-hybridized carbons (Fsp3) is 0.250. The molecule has 1 aromatic heterocycles. The molecule has 28 heavy (non-hydrogen) atoms. The van der Waals surface area contributed by atoms with Crippen LogP contribution in [0.15, 0.2) is 42.6 Å². The molecule has 1 aliphatic heterocycles. The van der Waals surface area contributed by atoms with E-state index in [1.54, 1.807) is 18.2 Å². The Bertz CT molecular complexity index is 1100. The van der Waals surface area contributed by atoms with Crippen molar-refractivity contribution in [3.05, 3.63) is 53.7 Å². The molecule has 1 fully saturated rings. The molecule has 3 aromatic rings. The number of nitrogens with one attached hydrogen (secondary N) is 2. The Hall–Kier alpha value is -3.16. The minimum Gasteiger partial charge on any atom is -0.454 e. The lowest BCUT2D eigenvalue weighted by molar-refractivity contribution is -0.135. The minimum atomic E-state index is -4.60. The zero-order chi connectivity index (χ0) is 19.5. The molecule has 2 aromatic carbocycles. The van der Waals surface area contributed by atoms with E-state index in [-0.39, 0.29) is 17.9 Å². The van der Waals surface area contributed by atoms with Gasteiger partial charge < -0.3 is 19.8 Å². The van der Waals surface area contributed by atoms with Crippen LogP contribution in [0.3, 0.4) is 0 Å². The first-order valence-corrected chi connectivity index (χ1v) is 8.77. The molecule has 5 nitrogen and oxygen atoms in total. The van der Waals surface area contributed by atoms with Crippen LogP contribution >= 0.6 is 0 Å². The van der Waals surface area contributed by atoms with Gasteiger partial charge in [-0.25, -0.2) is 0 Å². The number of carbonyl (C=O) groups excluding carboxylic acids is 1. The van der Waals surface area contributed by atoms with Gasteiger partial charge in [-0.05, 0) is 48.7 Å². The van der Waals surface area contributed by atoms with Crippen molar-refractivity contribution in [2.24, 2.45) is 0 Å². The van der Waals surface area contributed by atoms with Crippen molar-refractivity contribution in [2.75, 3.05) is 12.1 Å². The average molecular weight is 388 g/mol. The second-order valence-electron chi connectivity index (χ2n) is 7.03. The molecule has 8 heteroatoms. The van der Waals surface area contributed by atoms with Crippen molar-refractivity contribution in [1.29, 1.82) is 0 Å². The SMILES string of the molecule is O=C(Nc1ccc2[nH]ccc2c1C(F)(F)F)C1(c2ccc3c(c2)OCO3)CC1. The van der Waals surface area contributed by atoms with E-state index in [2.05, 4.69) is 10.3 Å². The molecule has 2 heterocycles. The molecule has 1 amide bonds. The number of anilines is 1. The van der Waals surface area contributed by atoms with Crippen molar-refractivity contribution in [3.8, 4) is 11.5 Å². The molecule has 144 valence electrons. The zero-order valence-electron chi connectivity index (χ0n) is 14.5. The van der Waals surface area contributed by atoms with Crippen LogP contribution in [-0.2, 0) is 16.4 Å². The first kappa shape index (κ1) is 17.0. The maximum Gasteiger partial charge on any atom is 0.419 e. The lowest BCUT2D eigenvalue weighted by atomic mass is 9.94. The van der Waals surface area contributed by atoms with Crippen molar-refractivity contribution >= 4 is 22.5 Å². The topological polar surface area (TPSA) is 63.4 Å². The predicted molar refractivity (Wildman–Crippen MR) is 95.4 cm³/mol. The molecule has 0 saturated heterocycles. The van der Waals surface area contributed by atoms with Crippen LogP contribution in [0.4, 0.5) is 18.9 Å². The highest BCUT2D eigenvalue weighted by atomic mass is 19.4. The number of carbonyl (C=O) groups is 1. The summed E-state index contributed by atoms with van der Waals surface area (Å²) in [6, 6.07) is 9.39. The van der Waals surface area contributed by atoms with Crippen LogP contribution in [0.25, 0.3) is 10.9 Å². The van der Waals surface area contributed by atoms with Gasteiger partial charge in [0, 0.05) is 17.1 Å². The minimum absolute atomic E-state index is 0.0261. The number of benzene rings is 2. The van der Waals surface area contributed by atoms with Gasteiger partial charge in [0.1, 0.15) is 0 Å². The molecule has 1 saturated carbocycles. The van der Waals surface area contributed by atoms with Crippen LogP contribution in [0, 0.1) is 0 Å². The molecule has 0 radical (unpaired) electrons. The maximum atomic E-state index is 13.7. The Morgan fingerprint density at radius 2 is 1.86 bits per heavy atom. The summed E-state index contributed by atoms with van der Waals surface area (Å²) in [4.78, 5) is 15.8. The standard InChI is InChI=1S/C20H15F3N2O3/c21-20(22,23)17-12-5-8-24-13(12)2-3-14(17)25-18(26)19(6-7-19)11-1-4-15-16(9-11)28-10-27-15/h1-5,8-9,24H,6-7,10H2,(H,25,26). The van der Waals surface area contributed by atoms with Gasteiger partial charge in [-0.1, -0.05) is 6.07 Å². The number of fused-ring (bicyclic) bond motifs is 2. The van der Waals surface area contributed by atoms with E-state index in [9.17, 15) is 18.0 Å². The van der Waals surface area contributed by atoms with Gasteiger partial charge in [0.05, 0.1) is 16.7 Å². The number of hydrogen-bond acceptors (Lipinski definition) is 3. The van der Waals surface area contributed by atoms with E-state index in [0.29, 0.717) is 35.4 Å². The maximum absolute atomic E-state index is 13.7. The largest absolute Gasteiger partial charge is 0.454 e. The van der Waals surface area contributed by atoms with Crippen LogP contribution in [-0.4, -0.2) is 17.7 Å². The molecule has 5 rings (SSSR count). The van der Waals surface area contributed by atoms with E-state index in [1.165, 1.54) is 24.4 Å². The Balaban J connectivity index is 1.51. The quantitative estimate of drug-likeness (QED) is 0.690. The van der Waals surface area contributed by atoms with Crippen molar-refractivity contribution in [2.45, 2.75) is 24.4 Å². The molecular weight excluding hydrogens is 373 g/mol. The molecule has 0 spiro atoms. The smallest absolute Gasteiger partial charge is 0.419 e. The van der Waals surface area contributed by atoms with E-state index < -0.39 is 23.1 Å². The summed E-state index contributed by atoms with van der Waals surface area (Å²) >= 11 is 0. The predicted octanol–water partition coefficient (Wildman–Crippen LogP) is 4.59. The van der Waals surface area contributed by atoms with E-state index in [0.717, 1.165) is 0 Å². The molecule has 0 unspecified atom stereocenters. The lowest BCUT2D eigenvalue weighted by Gasteiger charge is -2.19. The Morgan fingerprint density at radius 3 is 2.61 bits per heavy atom. The Morgan fingerprint density at radius 1 is 1.07 bits per heavy atom. The number of rotatable bonds is 3. The van der Waals surface area contributed by atoms with Gasteiger partial charge in [-0.3, -0.25) is 4.79 Å². The van der Waals surface area contributed by atoms with Gasteiger partial charge in [-0.2, -0.15) is 13.2 Å². The number of amides is 1. The number of H-pyrrole nitrogens is 1. The number of hydrogen-bond donors (Lipinski definition) is 2. The summed E-state index contributed by atoms with van der Waals surface area (Å²) in [5.41, 5.74) is -0.859. The van der Waals surface area contributed by atoms with Crippen molar-refractivity contribution < 1.29 is 27.4 Å². The van der Waals surface area contributed by atoms with Crippen molar-refractivity contribution in [1.82, 2.24) is 4.98 Å². The molecule has 2 aliphatic rings. The summed E-state index contributed by atoms with van der Waals surface area (Å²) in [6.07, 6.45) is -2.03. The van der Waals surface area contributed by atoms with Crippen LogP contribution in [0.2, 0.25) is 0 Å². The fourth-order valence-corrected chi connectivity index (χ4v) is 3.75. The second-order valence-corrected chi connectivity index (χ2v) is 7.03. The van der Waals surface area contributed by atoms with Gasteiger partial charge in [0.25, 0.3) is 0 Å². The second kappa shape index (κ2) is 5.67. The Labute approximate surface area is 157 Å². The van der Waals surface area contributed by atoms with Crippen LogP contribution < -0.4 is 14.8 Å². The normalized spacial score (nSPS) is 17.0. The number of aromatic nitrogens is 1. The fourth-order valence-electron chi connectivity index (χ4n) is 3.75. The van der Waals surface area contributed by atoms with Crippen LogP contribution in [0.1, 0.15) is 24.0 Å². The van der Waals surface area contributed by atoms with Crippen molar-refractivity contribution in [3.63, 3.8) is 0 Å². The highest BCUT2D eigenvalue weighted by Crippen LogP contribution is 2.51. The lowest BCUT2D eigenvalue weighted by Crippen LogP contribution is -2.29. The number of halogens is 3. The number of alkyl halides is 3. The van der Waals surface area contributed by atoms with Gasteiger partial charge in [0.15, 0.2) is 11.5 Å². The number of aromatic amines is 1. The summed E-state index contributed by atoms with van der Waals surface area (Å²) in [5, 5.41) is 2.55. The van der Waals surface area contributed by atoms with E-state index in [4.69, 9.17) is 9.47 Å². The summed E-state index contributed by atoms with van der Waals surface area (Å²) in [6.45, 7) is 0.115. The summed E-state index contributed by atoms with van der Waals surface area (Å²) < 4.78 is 51.7.